The number of ether oxygens (including phenoxy) is 2. The van der Waals surface area contributed by atoms with E-state index in [0.29, 0.717) is 6.61 Å². The fourth-order valence-corrected chi connectivity index (χ4v) is 2.03. The molecule has 0 saturated carbocycles. The van der Waals surface area contributed by atoms with E-state index in [2.05, 4.69) is 16.6 Å². The summed E-state index contributed by atoms with van der Waals surface area (Å²) in [5, 5.41) is 26.9. The highest BCUT2D eigenvalue weighted by molar-refractivity contribution is 5.61. The first-order chi connectivity index (χ1) is 12.0. The minimum Gasteiger partial charge on any atom is -0.449 e. The van der Waals surface area contributed by atoms with E-state index in [1.165, 1.54) is 31.4 Å². The minimum atomic E-state index is -1.45. The normalized spacial score (nSPS) is 16.1. The summed E-state index contributed by atoms with van der Waals surface area (Å²) < 4.78 is 9.59. The number of rotatable bonds is 5. The average molecular weight is 351 g/mol. The van der Waals surface area contributed by atoms with E-state index in [1.54, 1.807) is 0 Å². The lowest BCUT2D eigenvalue weighted by Crippen LogP contribution is -2.14. The Bertz CT molecular complexity index is 604. The van der Waals surface area contributed by atoms with Gasteiger partial charge in [0.2, 0.25) is 0 Å². The molecule has 0 heterocycles. The van der Waals surface area contributed by atoms with E-state index in [1.807, 2.05) is 0 Å². The van der Waals surface area contributed by atoms with Crippen molar-refractivity contribution in [3.8, 4) is 17.6 Å². The molecule has 1 aliphatic carbocycles. The fourth-order valence-electron chi connectivity index (χ4n) is 2.03. The number of hydrogen-bond acceptors (Lipinski definition) is 6. The maximum Gasteiger partial charge on any atom is 0.511 e. The SMILES string of the molecule is O=C(O)Oc1ccc([N+](=O)[O-])cc1.OCCOC1C#CCCCCC1. The van der Waals surface area contributed by atoms with Gasteiger partial charge in [-0.1, -0.05) is 12.3 Å². The number of nitro groups is 1. The Hall–Kier alpha value is -2.63. The van der Waals surface area contributed by atoms with Crippen LogP contribution in [0, 0.1) is 22.0 Å². The number of nitro benzene ring substituents is 1. The number of carbonyl (C=O) groups is 1. The Balaban J connectivity index is 0.000000251. The summed E-state index contributed by atoms with van der Waals surface area (Å²) >= 11 is 0. The van der Waals surface area contributed by atoms with Gasteiger partial charge in [0.25, 0.3) is 5.69 Å². The van der Waals surface area contributed by atoms with Crippen molar-refractivity contribution in [3.05, 3.63) is 34.4 Å². The molecule has 1 aromatic rings. The number of aliphatic hydroxyl groups excluding tert-OH is 1. The number of hydrogen-bond donors (Lipinski definition) is 2. The molecule has 8 heteroatoms. The molecule has 2 rings (SSSR count). The van der Waals surface area contributed by atoms with E-state index in [9.17, 15) is 14.9 Å². The second-order valence-corrected chi connectivity index (χ2v) is 5.12. The molecular formula is C17H21NO7. The molecule has 0 aliphatic heterocycles. The third-order valence-electron chi connectivity index (χ3n) is 3.19. The maximum atomic E-state index is 10.2. The van der Waals surface area contributed by atoms with Gasteiger partial charge in [-0.05, 0) is 31.4 Å². The second-order valence-electron chi connectivity index (χ2n) is 5.12. The molecule has 8 nitrogen and oxygen atoms in total. The van der Waals surface area contributed by atoms with Crippen molar-refractivity contribution in [2.75, 3.05) is 13.2 Å². The summed E-state index contributed by atoms with van der Waals surface area (Å²) in [6.07, 6.45) is 4.32. The molecule has 25 heavy (non-hydrogen) atoms. The van der Waals surface area contributed by atoms with Gasteiger partial charge < -0.3 is 19.7 Å². The van der Waals surface area contributed by atoms with Gasteiger partial charge in [-0.2, -0.15) is 0 Å². The quantitative estimate of drug-likeness (QED) is 0.275. The summed E-state index contributed by atoms with van der Waals surface area (Å²) in [6.45, 7) is 0.511. The first kappa shape index (κ1) is 20.4. The van der Waals surface area contributed by atoms with Gasteiger partial charge in [0.05, 0.1) is 18.1 Å². The molecule has 2 N–H and O–H groups in total. The van der Waals surface area contributed by atoms with Crippen molar-refractivity contribution in [1.82, 2.24) is 0 Å². The number of aliphatic hydroxyl groups is 1. The third-order valence-corrected chi connectivity index (χ3v) is 3.19. The van der Waals surface area contributed by atoms with Crippen molar-refractivity contribution in [3.63, 3.8) is 0 Å². The van der Waals surface area contributed by atoms with Crippen LogP contribution in [0.3, 0.4) is 0 Å². The van der Waals surface area contributed by atoms with Crippen molar-refractivity contribution in [2.24, 2.45) is 0 Å². The maximum absolute atomic E-state index is 10.2. The van der Waals surface area contributed by atoms with Gasteiger partial charge in [0, 0.05) is 18.6 Å². The molecule has 1 atom stereocenters. The van der Waals surface area contributed by atoms with Crippen molar-refractivity contribution in [2.45, 2.75) is 38.2 Å². The molecular weight excluding hydrogens is 330 g/mol. The molecule has 1 aromatic carbocycles. The molecule has 0 aromatic heterocycles. The lowest BCUT2D eigenvalue weighted by atomic mass is 10.1. The largest absolute Gasteiger partial charge is 0.511 e. The Morgan fingerprint density at radius 1 is 1.28 bits per heavy atom. The lowest BCUT2D eigenvalue weighted by Gasteiger charge is -2.12. The zero-order chi connectivity index (χ0) is 18.5. The first-order valence-electron chi connectivity index (χ1n) is 7.89. The number of non-ortho nitro benzene ring substituents is 1. The van der Waals surface area contributed by atoms with Crippen molar-refractivity contribution < 1.29 is 29.4 Å². The van der Waals surface area contributed by atoms with Crippen molar-refractivity contribution >= 4 is 11.8 Å². The second kappa shape index (κ2) is 11.8. The van der Waals surface area contributed by atoms with E-state index in [0.717, 1.165) is 25.0 Å². The minimum absolute atomic E-state index is 0.0538. The topological polar surface area (TPSA) is 119 Å². The Morgan fingerprint density at radius 3 is 2.60 bits per heavy atom. The van der Waals surface area contributed by atoms with Gasteiger partial charge in [-0.15, -0.1) is 5.92 Å². The predicted molar refractivity (Wildman–Crippen MR) is 89.4 cm³/mol. The molecule has 1 aliphatic rings. The Morgan fingerprint density at radius 2 is 2.00 bits per heavy atom. The van der Waals surface area contributed by atoms with Gasteiger partial charge in [0.1, 0.15) is 11.9 Å². The highest BCUT2D eigenvalue weighted by Crippen LogP contribution is 2.17. The van der Waals surface area contributed by atoms with Crippen molar-refractivity contribution in [1.29, 1.82) is 0 Å². The van der Waals surface area contributed by atoms with Gasteiger partial charge in [-0.3, -0.25) is 10.1 Å². The molecule has 136 valence electrons. The molecule has 0 bridgehead atoms. The van der Waals surface area contributed by atoms with Crippen LogP contribution in [0.25, 0.3) is 0 Å². The Labute approximate surface area is 145 Å². The van der Waals surface area contributed by atoms with Crippen LogP contribution in [0.5, 0.6) is 5.75 Å². The summed E-state index contributed by atoms with van der Waals surface area (Å²) in [4.78, 5) is 19.6. The number of benzene rings is 1. The van der Waals surface area contributed by atoms with E-state index >= 15 is 0 Å². The van der Waals surface area contributed by atoms with Crippen LogP contribution in [0.15, 0.2) is 24.3 Å². The van der Waals surface area contributed by atoms with E-state index in [4.69, 9.17) is 14.9 Å². The van der Waals surface area contributed by atoms with Crippen LogP contribution < -0.4 is 4.74 Å². The summed E-state index contributed by atoms with van der Waals surface area (Å²) in [6, 6.07) is 4.76. The molecule has 0 amide bonds. The standard InChI is InChI=1S/C10H16O2.C7H5NO5/c11-8-9-12-10-6-4-2-1-3-5-7-10;9-7(10)13-6-3-1-5(2-4-6)8(11)12/h10-11H,1-4,6,8-9H2;1-4H,(H,9,10). The van der Waals surface area contributed by atoms with Crippen LogP contribution in [-0.2, 0) is 4.74 Å². The van der Waals surface area contributed by atoms with Gasteiger partial charge in [-0.25, -0.2) is 4.79 Å². The average Bonchev–Trinajstić information content (AvgIpc) is 2.54. The van der Waals surface area contributed by atoms with Crippen LogP contribution in [0.1, 0.15) is 32.1 Å². The van der Waals surface area contributed by atoms with Crippen LogP contribution in [0.2, 0.25) is 0 Å². The van der Waals surface area contributed by atoms with E-state index < -0.39 is 11.1 Å². The zero-order valence-electron chi connectivity index (χ0n) is 13.7. The molecule has 0 radical (unpaired) electrons. The summed E-state index contributed by atoms with van der Waals surface area (Å²) in [5.41, 5.74) is -0.113. The van der Waals surface area contributed by atoms with Crippen LogP contribution >= 0.6 is 0 Å². The van der Waals surface area contributed by atoms with Crippen LogP contribution in [0.4, 0.5) is 10.5 Å². The van der Waals surface area contributed by atoms with Crippen LogP contribution in [-0.4, -0.2) is 40.6 Å². The fraction of sp³-hybridized carbons (Fsp3) is 0.471. The predicted octanol–water partition coefficient (Wildman–Crippen LogP) is 2.98. The summed E-state index contributed by atoms with van der Waals surface area (Å²) in [7, 11) is 0. The Kier molecular flexibility index (Phi) is 9.67. The molecule has 0 saturated heterocycles. The summed E-state index contributed by atoms with van der Waals surface area (Å²) in [5.74, 6) is 6.22. The number of nitrogens with zero attached hydrogens (tertiary/aromatic N) is 1. The highest BCUT2D eigenvalue weighted by Gasteiger charge is 2.06. The molecule has 0 fully saturated rings. The monoisotopic (exact) mass is 351 g/mol. The first-order valence-corrected chi connectivity index (χ1v) is 7.89. The molecule has 1 unspecified atom stereocenters. The number of carboxylic acid groups (broad SMARTS) is 1. The highest BCUT2D eigenvalue weighted by atomic mass is 16.7. The zero-order valence-corrected chi connectivity index (χ0v) is 13.7. The van der Waals surface area contributed by atoms with Gasteiger partial charge >= 0.3 is 6.16 Å². The molecule has 0 spiro atoms. The smallest absolute Gasteiger partial charge is 0.449 e. The lowest BCUT2D eigenvalue weighted by molar-refractivity contribution is -0.384. The van der Waals surface area contributed by atoms with E-state index in [-0.39, 0.29) is 24.1 Å². The third kappa shape index (κ3) is 9.30. The van der Waals surface area contributed by atoms with Gasteiger partial charge in [0.15, 0.2) is 0 Å².